The molecule has 2 aromatic rings. The third-order valence-electron chi connectivity index (χ3n) is 4.55. The fourth-order valence-corrected chi connectivity index (χ4v) is 5.82. The van der Waals surface area contributed by atoms with Crippen molar-refractivity contribution in [2.45, 2.75) is 43.4 Å². The lowest BCUT2D eigenvalue weighted by molar-refractivity contribution is 0.0704. The minimum atomic E-state index is -3.52. The molecule has 0 amide bonds. The Balaban J connectivity index is 1.55. The zero-order valence-corrected chi connectivity index (χ0v) is 16.7. The van der Waals surface area contributed by atoms with Gasteiger partial charge >= 0.3 is 0 Å². The summed E-state index contributed by atoms with van der Waals surface area (Å²) in [6, 6.07) is 3.41. The number of hydrogen-bond acceptors (Lipinski definition) is 7. The van der Waals surface area contributed by atoms with Crippen LogP contribution in [0.5, 0.6) is 0 Å². The number of likely N-dealkylation sites (tertiary alicyclic amines) is 1. The molecule has 7 nitrogen and oxygen atoms in total. The summed E-state index contributed by atoms with van der Waals surface area (Å²) in [5, 5.41) is 13.6. The first-order valence-electron chi connectivity index (χ1n) is 8.80. The first-order chi connectivity index (χ1) is 12.4. The van der Waals surface area contributed by atoms with Gasteiger partial charge in [0.2, 0.25) is 10.0 Å². The highest BCUT2D eigenvalue weighted by Gasteiger charge is 2.21. The molecule has 1 saturated heterocycles. The molecule has 3 rings (SSSR count). The van der Waals surface area contributed by atoms with Gasteiger partial charge in [-0.1, -0.05) is 5.16 Å². The number of aliphatic hydroxyl groups excluding tert-OH is 1. The van der Waals surface area contributed by atoms with Crippen molar-refractivity contribution in [1.82, 2.24) is 14.8 Å². The maximum absolute atomic E-state index is 12.5. The Kier molecular flexibility index (Phi) is 6.13. The molecule has 0 bridgehead atoms. The summed E-state index contributed by atoms with van der Waals surface area (Å²) in [6.07, 6.45) is 2.31. The van der Waals surface area contributed by atoms with E-state index in [0.29, 0.717) is 29.5 Å². The van der Waals surface area contributed by atoms with Gasteiger partial charge in [-0.15, -0.1) is 11.3 Å². The van der Waals surface area contributed by atoms with Gasteiger partial charge in [-0.3, -0.25) is 0 Å². The largest absolute Gasteiger partial charge is 0.392 e. The maximum atomic E-state index is 12.5. The van der Waals surface area contributed by atoms with Crippen molar-refractivity contribution in [3.05, 3.63) is 23.6 Å². The number of aliphatic hydroxyl groups is 1. The third-order valence-corrected chi connectivity index (χ3v) is 7.61. The molecular weight excluding hydrogens is 374 g/mol. The van der Waals surface area contributed by atoms with Crippen molar-refractivity contribution in [2.75, 3.05) is 26.2 Å². The number of piperidine rings is 1. The van der Waals surface area contributed by atoms with Crippen molar-refractivity contribution < 1.29 is 18.0 Å². The molecule has 9 heteroatoms. The van der Waals surface area contributed by atoms with E-state index in [0.717, 1.165) is 42.1 Å². The molecule has 1 aliphatic heterocycles. The van der Waals surface area contributed by atoms with Gasteiger partial charge in [-0.25, -0.2) is 13.1 Å². The monoisotopic (exact) mass is 399 g/mol. The maximum Gasteiger partial charge on any atom is 0.250 e. The van der Waals surface area contributed by atoms with Crippen LogP contribution < -0.4 is 4.72 Å². The van der Waals surface area contributed by atoms with E-state index in [1.54, 1.807) is 12.1 Å². The third kappa shape index (κ3) is 4.52. The molecule has 1 aliphatic rings. The van der Waals surface area contributed by atoms with E-state index in [9.17, 15) is 13.5 Å². The Morgan fingerprint density at radius 1 is 1.42 bits per heavy atom. The van der Waals surface area contributed by atoms with Gasteiger partial charge in [-0.05, 0) is 58.3 Å². The van der Waals surface area contributed by atoms with E-state index in [-0.39, 0.29) is 6.10 Å². The molecule has 26 heavy (non-hydrogen) atoms. The van der Waals surface area contributed by atoms with Crippen LogP contribution in [0, 0.1) is 13.8 Å². The molecule has 2 aromatic heterocycles. The van der Waals surface area contributed by atoms with E-state index in [2.05, 4.69) is 14.8 Å². The number of rotatable bonds is 7. The summed E-state index contributed by atoms with van der Waals surface area (Å²) in [4.78, 5) is 3.02. The lowest BCUT2D eigenvalue weighted by Gasteiger charge is -2.29. The van der Waals surface area contributed by atoms with Crippen LogP contribution in [0.1, 0.15) is 30.7 Å². The fraction of sp³-hybridized carbons (Fsp3) is 0.588. The summed E-state index contributed by atoms with van der Waals surface area (Å²) in [5.74, 6) is 0.685. The zero-order valence-electron chi connectivity index (χ0n) is 15.1. The number of β-amino-alcohol motifs (C(OH)–C–C–N with tert-alkyl or cyclic N) is 1. The smallest absolute Gasteiger partial charge is 0.250 e. The highest BCUT2D eigenvalue weighted by Crippen LogP contribution is 2.34. The van der Waals surface area contributed by atoms with Gasteiger partial charge in [0.15, 0.2) is 0 Å². The normalized spacial score (nSPS) is 19.1. The van der Waals surface area contributed by atoms with Crippen LogP contribution in [-0.2, 0) is 10.0 Å². The molecule has 0 aliphatic carbocycles. The van der Waals surface area contributed by atoms with E-state index >= 15 is 0 Å². The standard InChI is InChI=1S/C17H25N3O4S2/c1-12-17(13(2)24-19-12)15-6-7-16(25-15)26(22,23)18-8-4-10-20-9-3-5-14(21)11-20/h6-7,14,18,21H,3-5,8-11H2,1-2H3/t14-/m1/s1. The number of thiophene rings is 1. The van der Waals surface area contributed by atoms with Gasteiger partial charge in [-0.2, -0.15) is 0 Å². The predicted molar refractivity (Wildman–Crippen MR) is 101 cm³/mol. The number of sulfonamides is 1. The van der Waals surface area contributed by atoms with Gasteiger partial charge < -0.3 is 14.5 Å². The predicted octanol–water partition coefficient (Wildman–Crippen LogP) is 2.15. The summed E-state index contributed by atoms with van der Waals surface area (Å²) in [6.45, 7) is 6.48. The summed E-state index contributed by atoms with van der Waals surface area (Å²) >= 11 is 1.22. The van der Waals surface area contributed by atoms with Gasteiger partial charge in [0.1, 0.15) is 9.97 Å². The van der Waals surface area contributed by atoms with Crippen LogP contribution in [0.2, 0.25) is 0 Å². The first kappa shape index (κ1) is 19.5. The fourth-order valence-electron chi connectivity index (χ4n) is 3.25. The second-order valence-corrected chi connectivity index (χ2v) is 9.74. The highest BCUT2D eigenvalue weighted by atomic mass is 32.2. The van der Waals surface area contributed by atoms with E-state index in [4.69, 9.17) is 4.52 Å². The zero-order chi connectivity index (χ0) is 18.7. The van der Waals surface area contributed by atoms with Crippen LogP contribution in [0.3, 0.4) is 0 Å². The van der Waals surface area contributed by atoms with Crippen LogP contribution >= 0.6 is 11.3 Å². The number of nitrogens with zero attached hydrogens (tertiary/aromatic N) is 2. The van der Waals surface area contributed by atoms with Crippen molar-refractivity contribution in [2.24, 2.45) is 0 Å². The molecule has 0 spiro atoms. The van der Waals surface area contributed by atoms with E-state index in [1.165, 1.54) is 11.3 Å². The first-order valence-corrected chi connectivity index (χ1v) is 11.1. The molecule has 144 valence electrons. The molecular formula is C17H25N3O4S2. The number of hydrogen-bond donors (Lipinski definition) is 2. The molecule has 2 N–H and O–H groups in total. The Morgan fingerprint density at radius 3 is 2.92 bits per heavy atom. The van der Waals surface area contributed by atoms with Gasteiger partial charge in [0.25, 0.3) is 0 Å². The van der Waals surface area contributed by atoms with Crippen molar-refractivity contribution in [3.63, 3.8) is 0 Å². The second-order valence-electron chi connectivity index (χ2n) is 6.67. The Morgan fingerprint density at radius 2 is 2.23 bits per heavy atom. The topological polar surface area (TPSA) is 95.7 Å². The second kappa shape index (κ2) is 8.18. The molecule has 1 fully saturated rings. The number of aromatic nitrogens is 1. The molecule has 0 saturated carbocycles. The molecule has 0 aromatic carbocycles. The number of aryl methyl sites for hydroxylation is 2. The Bertz CT molecular complexity index is 825. The molecule has 1 atom stereocenters. The summed E-state index contributed by atoms with van der Waals surface area (Å²) in [7, 11) is -3.52. The molecule has 3 heterocycles. The van der Waals surface area contributed by atoms with Crippen molar-refractivity contribution >= 4 is 21.4 Å². The van der Waals surface area contributed by atoms with Crippen LogP contribution in [-0.4, -0.2) is 55.9 Å². The van der Waals surface area contributed by atoms with Crippen LogP contribution in [0.4, 0.5) is 0 Å². The average molecular weight is 400 g/mol. The molecule has 0 radical (unpaired) electrons. The lowest BCUT2D eigenvalue weighted by atomic mass is 10.1. The highest BCUT2D eigenvalue weighted by molar-refractivity contribution is 7.91. The SMILES string of the molecule is Cc1noc(C)c1-c1ccc(S(=O)(=O)NCCCN2CCC[C@@H](O)C2)s1. The van der Waals surface area contributed by atoms with Crippen LogP contribution in [0.15, 0.2) is 20.9 Å². The Labute approximate surface area is 158 Å². The van der Waals surface area contributed by atoms with Gasteiger partial charge in [0.05, 0.1) is 17.4 Å². The Hall–Kier alpha value is -1.26. The minimum Gasteiger partial charge on any atom is -0.392 e. The quantitative estimate of drug-likeness (QED) is 0.693. The summed E-state index contributed by atoms with van der Waals surface area (Å²) in [5.41, 5.74) is 1.62. The van der Waals surface area contributed by atoms with Gasteiger partial charge in [0, 0.05) is 18.0 Å². The molecule has 0 unspecified atom stereocenters. The van der Waals surface area contributed by atoms with Crippen LogP contribution in [0.25, 0.3) is 10.4 Å². The lowest BCUT2D eigenvalue weighted by Crippen LogP contribution is -2.39. The number of nitrogens with one attached hydrogen (secondary N) is 1. The van der Waals surface area contributed by atoms with Crippen molar-refractivity contribution in [1.29, 1.82) is 0 Å². The van der Waals surface area contributed by atoms with E-state index in [1.807, 2.05) is 13.8 Å². The van der Waals surface area contributed by atoms with Crippen molar-refractivity contribution in [3.8, 4) is 10.4 Å². The van der Waals surface area contributed by atoms with E-state index < -0.39 is 10.0 Å². The average Bonchev–Trinajstić information content (AvgIpc) is 3.19. The minimum absolute atomic E-state index is 0.255. The summed E-state index contributed by atoms with van der Waals surface area (Å²) < 4.78 is 33.1.